The Balaban J connectivity index is 0.000000892. The second-order valence-electron chi connectivity index (χ2n) is 5.55. The number of nitrogens with zero attached hydrogens (tertiary/aromatic N) is 1. The van der Waals surface area contributed by atoms with E-state index in [0.29, 0.717) is 0 Å². The molecular weight excluding hydrogens is 399 g/mol. The first kappa shape index (κ1) is 24.1. The molecule has 1 aliphatic rings. The number of aliphatic hydroxyl groups is 2. The number of carbonyl (C=O) groups excluding carboxylic acids is 2. The van der Waals surface area contributed by atoms with Crippen molar-refractivity contribution in [1.82, 2.24) is 0 Å². The molecular formula is C15H23N2O10P. The molecule has 1 amide bonds. The molecule has 13 heteroatoms. The monoisotopic (exact) mass is 422 g/mol. The minimum absolute atomic E-state index is 0.214. The van der Waals surface area contributed by atoms with Crippen molar-refractivity contribution < 1.29 is 52.3 Å². The van der Waals surface area contributed by atoms with E-state index in [0.717, 1.165) is 21.1 Å². The quantitative estimate of drug-likeness (QED) is 0.324. The molecule has 4 atom stereocenters. The Kier molecular flexibility index (Phi) is 9.11. The predicted molar refractivity (Wildman–Crippen MR) is 89.3 cm³/mol. The van der Waals surface area contributed by atoms with Gasteiger partial charge in [-0.1, -0.05) is 0 Å². The number of rotatable bonds is 7. The standard InChI is InChI=1S/C13H19N2O8P.C2H4O2/c1-20-24(19,21-2)22-7-9-10(16)11(17)13(23-9)15-5-3-4-8(6-15)12(14)18;1-2(3)4/h3-6,9-11,13,16-17H,7H2,1-2H3,(H-,14,18);1H3,(H,3,4)/t9-,10-,11-,13?;/m1./s1. The van der Waals surface area contributed by atoms with E-state index < -0.39 is 44.2 Å². The summed E-state index contributed by atoms with van der Waals surface area (Å²) in [6, 6.07) is 3.06. The summed E-state index contributed by atoms with van der Waals surface area (Å²) in [5.41, 5.74) is 5.43. The zero-order chi connectivity index (χ0) is 21.5. The van der Waals surface area contributed by atoms with Crippen molar-refractivity contribution in [2.45, 2.75) is 31.5 Å². The van der Waals surface area contributed by atoms with Gasteiger partial charge < -0.3 is 30.6 Å². The zero-order valence-corrected chi connectivity index (χ0v) is 16.4. The molecule has 0 bridgehead atoms. The van der Waals surface area contributed by atoms with Gasteiger partial charge in [-0.15, -0.1) is 0 Å². The maximum Gasteiger partial charge on any atom is 0.474 e. The molecule has 0 aliphatic carbocycles. The van der Waals surface area contributed by atoms with Crippen LogP contribution in [0.2, 0.25) is 0 Å². The van der Waals surface area contributed by atoms with Crippen molar-refractivity contribution in [3.63, 3.8) is 0 Å². The molecule has 158 valence electrons. The molecule has 1 aromatic heterocycles. The van der Waals surface area contributed by atoms with Crippen LogP contribution in [-0.2, 0) is 27.7 Å². The van der Waals surface area contributed by atoms with Crippen LogP contribution in [0.3, 0.4) is 0 Å². The number of aromatic nitrogens is 1. The number of phosphoric acid groups is 1. The molecule has 2 rings (SSSR count). The van der Waals surface area contributed by atoms with E-state index in [9.17, 15) is 19.6 Å². The number of aliphatic carboxylic acids is 1. The number of pyridine rings is 1. The van der Waals surface area contributed by atoms with Gasteiger partial charge in [0, 0.05) is 26.3 Å². The van der Waals surface area contributed by atoms with Crippen LogP contribution in [0.25, 0.3) is 0 Å². The molecule has 28 heavy (non-hydrogen) atoms. The Morgan fingerprint density at radius 3 is 2.39 bits per heavy atom. The molecule has 1 unspecified atom stereocenters. The first-order valence-electron chi connectivity index (χ1n) is 7.90. The lowest BCUT2D eigenvalue weighted by Gasteiger charge is -2.17. The fourth-order valence-corrected chi connectivity index (χ4v) is 2.94. The third-order valence-electron chi connectivity index (χ3n) is 3.58. The number of amides is 1. The zero-order valence-electron chi connectivity index (χ0n) is 15.5. The van der Waals surface area contributed by atoms with Gasteiger partial charge in [-0.3, -0.25) is 18.4 Å². The van der Waals surface area contributed by atoms with Gasteiger partial charge in [0.1, 0.15) is 17.8 Å². The van der Waals surface area contributed by atoms with Crippen LogP contribution in [0, 0.1) is 0 Å². The van der Waals surface area contributed by atoms with E-state index in [2.05, 4.69) is 9.05 Å². The Morgan fingerprint density at radius 2 is 1.89 bits per heavy atom. The molecule has 0 spiro atoms. The first-order chi connectivity index (χ1) is 13.0. The smallest absolute Gasteiger partial charge is 0.474 e. The molecule has 0 radical (unpaired) electrons. The lowest BCUT2D eigenvalue weighted by molar-refractivity contribution is -0.765. The highest BCUT2D eigenvalue weighted by Crippen LogP contribution is 2.48. The molecule has 1 saturated heterocycles. The summed E-state index contributed by atoms with van der Waals surface area (Å²) in [7, 11) is -1.43. The lowest BCUT2D eigenvalue weighted by Crippen LogP contribution is -2.46. The van der Waals surface area contributed by atoms with Crippen LogP contribution in [-0.4, -0.2) is 61.2 Å². The summed E-state index contributed by atoms with van der Waals surface area (Å²) in [5, 5.41) is 29.1. The Morgan fingerprint density at radius 1 is 1.32 bits per heavy atom. The number of hydrogen-bond donors (Lipinski definition) is 3. The highest BCUT2D eigenvalue weighted by Gasteiger charge is 2.49. The van der Waals surface area contributed by atoms with Crippen molar-refractivity contribution in [2.24, 2.45) is 5.73 Å². The number of carbonyl (C=O) groups is 2. The summed E-state index contributed by atoms with van der Waals surface area (Å²) >= 11 is 0. The summed E-state index contributed by atoms with van der Waals surface area (Å²) in [4.78, 5) is 20.1. The average molecular weight is 422 g/mol. The van der Waals surface area contributed by atoms with Crippen LogP contribution in [0.5, 0.6) is 0 Å². The summed E-state index contributed by atoms with van der Waals surface area (Å²) in [6.07, 6.45) is -1.61. The van der Waals surface area contributed by atoms with E-state index >= 15 is 0 Å². The van der Waals surface area contributed by atoms with Gasteiger partial charge in [-0.05, 0) is 13.0 Å². The number of nitrogens with two attached hydrogens (primary N) is 1. The second kappa shape index (κ2) is 10.6. The number of aliphatic hydroxyl groups excluding tert-OH is 2. The number of ether oxygens (including phenoxy) is 1. The van der Waals surface area contributed by atoms with E-state index in [4.69, 9.17) is 24.9 Å². The van der Waals surface area contributed by atoms with Gasteiger partial charge in [0.2, 0.25) is 0 Å². The van der Waals surface area contributed by atoms with Gasteiger partial charge in [-0.2, -0.15) is 4.57 Å². The first-order valence-corrected chi connectivity index (χ1v) is 9.36. The molecule has 0 saturated carbocycles. The Labute approximate surface area is 161 Å². The van der Waals surface area contributed by atoms with Crippen LogP contribution in [0.4, 0.5) is 0 Å². The van der Waals surface area contributed by atoms with E-state index in [1.165, 1.54) is 16.8 Å². The molecule has 12 nitrogen and oxygen atoms in total. The largest absolute Gasteiger partial charge is 0.550 e. The third-order valence-corrected chi connectivity index (χ3v) is 4.94. The maximum atomic E-state index is 11.8. The SMILES string of the molecule is CC(=O)[O-].COP(=O)(OC)OC[C@H]1OC([n+]2cccc(C(N)=O)c2)[C@H](O)[C@@H]1O. The molecule has 0 aromatic carbocycles. The molecule has 1 aromatic rings. The second-order valence-corrected chi connectivity index (χ2v) is 7.43. The van der Waals surface area contributed by atoms with Gasteiger partial charge in [0.15, 0.2) is 18.5 Å². The Bertz CT molecular complexity index is 719. The van der Waals surface area contributed by atoms with E-state index in [1.54, 1.807) is 12.3 Å². The van der Waals surface area contributed by atoms with Crippen molar-refractivity contribution in [3.05, 3.63) is 30.1 Å². The fourth-order valence-electron chi connectivity index (χ4n) is 2.25. The van der Waals surface area contributed by atoms with Gasteiger partial charge >= 0.3 is 7.82 Å². The van der Waals surface area contributed by atoms with E-state index in [-0.39, 0.29) is 12.2 Å². The Hall–Kier alpha value is -1.92. The normalized spacial score (nSPS) is 24.3. The minimum atomic E-state index is -3.73. The van der Waals surface area contributed by atoms with Gasteiger partial charge in [0.25, 0.3) is 12.1 Å². The maximum absolute atomic E-state index is 11.8. The predicted octanol–water partition coefficient (Wildman–Crippen LogP) is -2.13. The lowest BCUT2D eigenvalue weighted by atomic mass is 10.1. The van der Waals surface area contributed by atoms with Crippen LogP contribution < -0.4 is 15.4 Å². The third kappa shape index (κ3) is 6.60. The van der Waals surface area contributed by atoms with Gasteiger partial charge in [0.05, 0.1) is 6.61 Å². The summed E-state index contributed by atoms with van der Waals surface area (Å²) in [6.45, 7) is 0.643. The highest BCUT2D eigenvalue weighted by molar-refractivity contribution is 7.48. The summed E-state index contributed by atoms with van der Waals surface area (Å²) in [5.74, 6) is -1.72. The topological polar surface area (TPSA) is 182 Å². The van der Waals surface area contributed by atoms with Crippen molar-refractivity contribution >= 4 is 19.7 Å². The minimum Gasteiger partial charge on any atom is -0.550 e. The van der Waals surface area contributed by atoms with Crippen LogP contribution in [0.15, 0.2) is 24.5 Å². The van der Waals surface area contributed by atoms with Crippen LogP contribution >= 0.6 is 7.82 Å². The van der Waals surface area contributed by atoms with E-state index in [1.807, 2.05) is 0 Å². The molecule has 4 N–H and O–H groups in total. The molecule has 2 heterocycles. The van der Waals surface area contributed by atoms with Crippen molar-refractivity contribution in [3.8, 4) is 0 Å². The van der Waals surface area contributed by atoms with Crippen molar-refractivity contribution in [2.75, 3.05) is 20.8 Å². The number of primary amides is 1. The number of carboxylic acids is 1. The molecule has 1 fully saturated rings. The average Bonchev–Trinajstić information content (AvgIpc) is 2.94. The number of phosphoric ester groups is 1. The number of carboxylic acid groups (broad SMARTS) is 1. The van der Waals surface area contributed by atoms with Gasteiger partial charge in [-0.25, -0.2) is 4.57 Å². The molecule has 1 aliphatic heterocycles. The summed E-state index contributed by atoms with van der Waals surface area (Å²) < 4.78 is 33.0. The fraction of sp³-hybridized carbons (Fsp3) is 0.533. The van der Waals surface area contributed by atoms with Crippen molar-refractivity contribution in [1.29, 1.82) is 0 Å². The number of hydrogen-bond acceptors (Lipinski definition) is 10. The van der Waals surface area contributed by atoms with Crippen LogP contribution in [0.1, 0.15) is 23.5 Å². The highest BCUT2D eigenvalue weighted by atomic mass is 31.2.